The first kappa shape index (κ1) is 15.7. The fraction of sp³-hybridized carbons (Fsp3) is 0.0556. The van der Waals surface area contributed by atoms with E-state index in [9.17, 15) is 9.59 Å². The van der Waals surface area contributed by atoms with Gasteiger partial charge in [-0.3, -0.25) is 19.1 Å². The van der Waals surface area contributed by atoms with Gasteiger partial charge in [0.2, 0.25) is 0 Å². The minimum atomic E-state index is -0.481. The van der Waals surface area contributed by atoms with E-state index in [2.05, 4.69) is 20.4 Å². The van der Waals surface area contributed by atoms with Crippen molar-refractivity contribution in [2.45, 2.75) is 6.92 Å². The van der Waals surface area contributed by atoms with Crippen LogP contribution in [-0.2, 0) is 0 Å². The molecule has 8 nitrogen and oxygen atoms in total. The van der Waals surface area contributed by atoms with Crippen molar-refractivity contribution in [2.24, 2.45) is 0 Å². The molecule has 0 bridgehead atoms. The monoisotopic (exact) mass is 346 g/mol. The van der Waals surface area contributed by atoms with Gasteiger partial charge in [0.1, 0.15) is 11.9 Å². The number of pyridine rings is 3. The number of carbonyl (C=O) groups is 1. The fourth-order valence-corrected chi connectivity index (χ4v) is 2.69. The Morgan fingerprint density at radius 1 is 1.19 bits per heavy atom. The summed E-state index contributed by atoms with van der Waals surface area (Å²) in [7, 11) is 0. The van der Waals surface area contributed by atoms with E-state index in [-0.39, 0.29) is 5.56 Å². The fourth-order valence-electron chi connectivity index (χ4n) is 2.69. The molecule has 1 amide bonds. The first-order valence-corrected chi connectivity index (χ1v) is 7.87. The number of anilines is 1. The maximum atomic E-state index is 12.8. The molecule has 4 rings (SSSR count). The van der Waals surface area contributed by atoms with Crippen LogP contribution in [0.2, 0.25) is 0 Å². The second-order valence-electron chi connectivity index (χ2n) is 5.69. The Bertz CT molecular complexity index is 1160. The highest BCUT2D eigenvalue weighted by Crippen LogP contribution is 2.12. The molecule has 4 aromatic heterocycles. The van der Waals surface area contributed by atoms with Gasteiger partial charge in [0.15, 0.2) is 5.65 Å². The lowest BCUT2D eigenvalue weighted by atomic mass is 10.1. The van der Waals surface area contributed by atoms with Crippen molar-refractivity contribution >= 4 is 17.2 Å². The number of rotatable bonds is 3. The Morgan fingerprint density at radius 3 is 2.88 bits per heavy atom. The Morgan fingerprint density at radius 2 is 2.08 bits per heavy atom. The van der Waals surface area contributed by atoms with Gasteiger partial charge in [0.05, 0.1) is 23.8 Å². The molecule has 0 spiro atoms. The van der Waals surface area contributed by atoms with Gasteiger partial charge in [-0.1, -0.05) is 0 Å². The molecule has 0 fully saturated rings. The summed E-state index contributed by atoms with van der Waals surface area (Å²) in [5, 5.41) is 6.77. The van der Waals surface area contributed by atoms with Crippen molar-refractivity contribution in [3.63, 3.8) is 0 Å². The van der Waals surface area contributed by atoms with Crippen molar-refractivity contribution in [3.05, 3.63) is 82.9 Å². The van der Waals surface area contributed by atoms with Crippen LogP contribution in [0.3, 0.4) is 0 Å². The highest BCUT2D eigenvalue weighted by Gasteiger charge is 2.17. The summed E-state index contributed by atoms with van der Waals surface area (Å²) in [6.45, 7) is 1.73. The second-order valence-corrected chi connectivity index (χ2v) is 5.69. The Hall–Kier alpha value is -3.81. The van der Waals surface area contributed by atoms with Gasteiger partial charge in [0, 0.05) is 12.4 Å². The van der Waals surface area contributed by atoms with E-state index in [0.717, 1.165) is 0 Å². The molecule has 0 radical (unpaired) electrons. The molecular formula is C18H14N6O2. The Kier molecular flexibility index (Phi) is 3.77. The third-order valence-electron chi connectivity index (χ3n) is 3.98. The zero-order chi connectivity index (χ0) is 18.1. The first-order valence-electron chi connectivity index (χ1n) is 7.87. The minimum Gasteiger partial charge on any atom is -0.320 e. The van der Waals surface area contributed by atoms with Crippen LogP contribution in [-0.4, -0.2) is 30.1 Å². The summed E-state index contributed by atoms with van der Waals surface area (Å²) < 4.78 is 2.94. The van der Waals surface area contributed by atoms with E-state index in [1.54, 1.807) is 66.6 Å². The lowest BCUT2D eigenvalue weighted by Crippen LogP contribution is -2.29. The molecule has 0 aliphatic carbocycles. The van der Waals surface area contributed by atoms with Gasteiger partial charge >= 0.3 is 0 Å². The molecule has 8 heteroatoms. The quantitative estimate of drug-likeness (QED) is 0.611. The van der Waals surface area contributed by atoms with E-state index < -0.39 is 11.5 Å². The van der Waals surface area contributed by atoms with Crippen LogP contribution in [0.15, 0.2) is 66.2 Å². The molecule has 0 unspecified atom stereocenters. The van der Waals surface area contributed by atoms with Gasteiger partial charge in [-0.05, 0) is 42.8 Å². The summed E-state index contributed by atoms with van der Waals surface area (Å²) >= 11 is 0. The van der Waals surface area contributed by atoms with Crippen molar-refractivity contribution in [2.75, 3.05) is 5.32 Å². The average Bonchev–Trinajstić information content (AvgIpc) is 3.10. The molecule has 0 aromatic carbocycles. The van der Waals surface area contributed by atoms with Crippen LogP contribution < -0.4 is 10.9 Å². The molecule has 26 heavy (non-hydrogen) atoms. The third-order valence-corrected chi connectivity index (χ3v) is 3.98. The normalized spacial score (nSPS) is 10.8. The molecule has 4 aromatic rings. The number of aromatic nitrogens is 5. The van der Waals surface area contributed by atoms with Crippen LogP contribution in [0, 0.1) is 6.92 Å². The highest BCUT2D eigenvalue weighted by molar-refractivity contribution is 6.05. The highest BCUT2D eigenvalue weighted by atomic mass is 16.2. The SMILES string of the molecule is Cc1ccn(-c2cccnc2)c(=O)c1C(=O)Nc1ccc2ncnn2c1. The maximum Gasteiger partial charge on any atom is 0.268 e. The summed E-state index contributed by atoms with van der Waals surface area (Å²) in [5.74, 6) is -0.481. The summed E-state index contributed by atoms with van der Waals surface area (Å²) in [4.78, 5) is 33.6. The van der Waals surface area contributed by atoms with Crippen molar-refractivity contribution in [1.82, 2.24) is 24.1 Å². The van der Waals surface area contributed by atoms with E-state index in [1.165, 1.54) is 10.9 Å². The van der Waals surface area contributed by atoms with Gasteiger partial charge in [-0.2, -0.15) is 5.10 Å². The van der Waals surface area contributed by atoms with Crippen molar-refractivity contribution in [3.8, 4) is 5.69 Å². The lowest BCUT2D eigenvalue weighted by Gasteiger charge is -2.11. The zero-order valence-electron chi connectivity index (χ0n) is 13.8. The third kappa shape index (κ3) is 2.73. The summed E-state index contributed by atoms with van der Waals surface area (Å²) in [6.07, 6.45) is 7.88. The number of hydrogen-bond donors (Lipinski definition) is 1. The number of nitrogens with one attached hydrogen (secondary N) is 1. The standard InChI is InChI=1S/C18H14N6O2/c1-12-6-8-23(14-3-2-7-19-9-14)18(26)16(12)17(25)22-13-4-5-15-20-11-21-24(15)10-13/h2-11H,1H3,(H,22,25). The number of fused-ring (bicyclic) bond motifs is 1. The predicted molar refractivity (Wildman–Crippen MR) is 95.5 cm³/mol. The molecule has 0 aliphatic rings. The first-order chi connectivity index (χ1) is 12.6. The Labute approximate surface area is 147 Å². The van der Waals surface area contributed by atoms with E-state index in [1.807, 2.05) is 0 Å². The number of nitrogens with zero attached hydrogens (tertiary/aromatic N) is 5. The molecule has 1 N–H and O–H groups in total. The summed E-state index contributed by atoms with van der Waals surface area (Å²) in [6, 6.07) is 8.65. The van der Waals surface area contributed by atoms with Crippen LogP contribution in [0.5, 0.6) is 0 Å². The number of carbonyl (C=O) groups excluding carboxylic acids is 1. The molecule has 4 heterocycles. The van der Waals surface area contributed by atoms with Crippen molar-refractivity contribution in [1.29, 1.82) is 0 Å². The number of amides is 1. The van der Waals surface area contributed by atoms with E-state index in [0.29, 0.717) is 22.6 Å². The van der Waals surface area contributed by atoms with Gasteiger partial charge in [-0.15, -0.1) is 0 Å². The number of hydrogen-bond acceptors (Lipinski definition) is 5. The van der Waals surface area contributed by atoms with Crippen molar-refractivity contribution < 1.29 is 4.79 Å². The number of aryl methyl sites for hydroxylation is 1. The van der Waals surface area contributed by atoms with Crippen LogP contribution in [0.25, 0.3) is 11.3 Å². The summed E-state index contributed by atoms with van der Waals surface area (Å²) in [5.41, 5.74) is 2.04. The maximum absolute atomic E-state index is 12.8. The van der Waals surface area contributed by atoms with Gasteiger partial charge in [0.25, 0.3) is 11.5 Å². The largest absolute Gasteiger partial charge is 0.320 e. The second kappa shape index (κ2) is 6.25. The molecule has 0 atom stereocenters. The van der Waals surface area contributed by atoms with Crippen LogP contribution >= 0.6 is 0 Å². The topological polar surface area (TPSA) is 94.2 Å². The predicted octanol–water partition coefficient (Wildman–Crippen LogP) is 1.84. The van der Waals surface area contributed by atoms with E-state index in [4.69, 9.17) is 0 Å². The average molecular weight is 346 g/mol. The molecule has 0 saturated heterocycles. The Balaban J connectivity index is 1.72. The van der Waals surface area contributed by atoms with Crippen LogP contribution in [0.1, 0.15) is 15.9 Å². The molecular weight excluding hydrogens is 332 g/mol. The molecule has 0 saturated carbocycles. The van der Waals surface area contributed by atoms with Gasteiger partial charge in [-0.25, -0.2) is 9.50 Å². The molecule has 128 valence electrons. The van der Waals surface area contributed by atoms with Crippen LogP contribution in [0.4, 0.5) is 5.69 Å². The smallest absolute Gasteiger partial charge is 0.268 e. The van der Waals surface area contributed by atoms with Gasteiger partial charge < -0.3 is 5.32 Å². The zero-order valence-corrected chi connectivity index (χ0v) is 13.8. The lowest BCUT2D eigenvalue weighted by molar-refractivity contribution is 0.102. The van der Waals surface area contributed by atoms with E-state index >= 15 is 0 Å². The minimum absolute atomic E-state index is 0.0787. The molecule has 0 aliphatic heterocycles.